The molecule has 0 radical (unpaired) electrons. The number of rotatable bonds is 6. The van der Waals surface area contributed by atoms with E-state index in [2.05, 4.69) is 21.9 Å². The summed E-state index contributed by atoms with van der Waals surface area (Å²) in [4.78, 5) is 17.2. The lowest BCUT2D eigenvalue weighted by Crippen LogP contribution is -2.52. The molecule has 4 heteroatoms. The van der Waals surface area contributed by atoms with E-state index in [1.54, 1.807) is 7.11 Å². The molecule has 2 aliphatic rings. The molecule has 138 valence electrons. The first-order valence-corrected chi connectivity index (χ1v) is 9.91. The van der Waals surface area contributed by atoms with Gasteiger partial charge < -0.3 is 9.64 Å². The molecule has 0 aromatic heterocycles. The molecule has 2 fully saturated rings. The Morgan fingerprint density at radius 1 is 1.04 bits per heavy atom. The number of carbonyl (C=O) groups is 1. The predicted octanol–water partition coefficient (Wildman–Crippen LogP) is 3.49. The predicted molar refractivity (Wildman–Crippen MR) is 101 cm³/mol. The summed E-state index contributed by atoms with van der Waals surface area (Å²) in [5.74, 6) is 1.22. The van der Waals surface area contributed by atoms with E-state index in [9.17, 15) is 4.79 Å². The Kier molecular flexibility index (Phi) is 6.74. The van der Waals surface area contributed by atoms with Crippen molar-refractivity contribution in [1.82, 2.24) is 9.80 Å². The lowest BCUT2D eigenvalue weighted by molar-refractivity contribution is -0.133. The summed E-state index contributed by atoms with van der Waals surface area (Å²) in [6.45, 7) is 3.96. The molecule has 0 atom stereocenters. The van der Waals surface area contributed by atoms with Crippen LogP contribution in [0.25, 0.3) is 0 Å². The van der Waals surface area contributed by atoms with Crippen molar-refractivity contribution in [2.45, 2.75) is 57.4 Å². The Labute approximate surface area is 152 Å². The van der Waals surface area contributed by atoms with Crippen molar-refractivity contribution in [3.05, 3.63) is 29.8 Å². The maximum atomic E-state index is 12.5. The number of hydrogen-bond acceptors (Lipinski definition) is 3. The molecular formula is C21H32N2O2. The van der Waals surface area contributed by atoms with Crippen LogP contribution in [-0.2, 0) is 11.2 Å². The molecule has 1 aliphatic carbocycles. The summed E-state index contributed by atoms with van der Waals surface area (Å²) in [5, 5.41) is 0. The fraction of sp³-hybridized carbons (Fsp3) is 0.667. The highest BCUT2D eigenvalue weighted by Gasteiger charge is 2.26. The number of ether oxygens (including phenoxy) is 1. The molecule has 3 rings (SSSR count). The molecule has 1 saturated carbocycles. The van der Waals surface area contributed by atoms with Crippen LogP contribution in [0.2, 0.25) is 0 Å². The molecule has 1 saturated heterocycles. The van der Waals surface area contributed by atoms with Crippen molar-refractivity contribution >= 4 is 5.91 Å². The number of hydrogen-bond donors (Lipinski definition) is 0. The number of carbonyl (C=O) groups excluding carboxylic acids is 1. The molecule has 1 aromatic carbocycles. The van der Waals surface area contributed by atoms with Crippen LogP contribution in [0.5, 0.6) is 5.75 Å². The van der Waals surface area contributed by atoms with Gasteiger partial charge in [-0.1, -0.05) is 31.4 Å². The van der Waals surface area contributed by atoms with E-state index in [-0.39, 0.29) is 0 Å². The van der Waals surface area contributed by atoms with Crippen LogP contribution < -0.4 is 4.74 Å². The van der Waals surface area contributed by atoms with Gasteiger partial charge in [-0.05, 0) is 43.4 Å². The highest BCUT2D eigenvalue weighted by Crippen LogP contribution is 2.23. The number of benzene rings is 1. The first-order chi connectivity index (χ1) is 12.3. The van der Waals surface area contributed by atoms with E-state index in [1.165, 1.54) is 37.7 Å². The minimum Gasteiger partial charge on any atom is -0.497 e. The van der Waals surface area contributed by atoms with Gasteiger partial charge in [0.05, 0.1) is 7.11 Å². The van der Waals surface area contributed by atoms with Crippen molar-refractivity contribution in [2.75, 3.05) is 33.3 Å². The molecule has 0 unspecified atom stereocenters. The smallest absolute Gasteiger partial charge is 0.222 e. The van der Waals surface area contributed by atoms with E-state index in [0.717, 1.165) is 50.8 Å². The second-order valence-electron chi connectivity index (χ2n) is 7.41. The summed E-state index contributed by atoms with van der Waals surface area (Å²) in [7, 11) is 1.68. The lowest BCUT2D eigenvalue weighted by Gasteiger charge is -2.40. The van der Waals surface area contributed by atoms with Gasteiger partial charge in [0.1, 0.15) is 5.75 Å². The maximum absolute atomic E-state index is 12.5. The SMILES string of the molecule is COc1ccc(CCCC(=O)N2CCN(C3CCCCC3)CC2)cc1. The van der Waals surface area contributed by atoms with Crippen molar-refractivity contribution in [3.8, 4) is 5.75 Å². The largest absolute Gasteiger partial charge is 0.497 e. The maximum Gasteiger partial charge on any atom is 0.222 e. The fourth-order valence-electron chi connectivity index (χ4n) is 4.18. The quantitative estimate of drug-likeness (QED) is 0.792. The highest BCUT2D eigenvalue weighted by atomic mass is 16.5. The van der Waals surface area contributed by atoms with Gasteiger partial charge in [0, 0.05) is 38.6 Å². The summed E-state index contributed by atoms with van der Waals surface area (Å²) >= 11 is 0. The average molecular weight is 344 g/mol. The molecule has 25 heavy (non-hydrogen) atoms. The van der Waals surface area contributed by atoms with Gasteiger partial charge >= 0.3 is 0 Å². The van der Waals surface area contributed by atoms with Crippen molar-refractivity contribution in [3.63, 3.8) is 0 Å². The van der Waals surface area contributed by atoms with Gasteiger partial charge in [0.25, 0.3) is 0 Å². The summed E-state index contributed by atoms with van der Waals surface area (Å²) in [6.07, 6.45) is 9.43. The second-order valence-corrected chi connectivity index (χ2v) is 7.41. The number of nitrogens with zero attached hydrogens (tertiary/aromatic N) is 2. The van der Waals surface area contributed by atoms with Crippen LogP contribution in [0.1, 0.15) is 50.5 Å². The van der Waals surface area contributed by atoms with Gasteiger partial charge in [0.2, 0.25) is 5.91 Å². The van der Waals surface area contributed by atoms with Gasteiger partial charge in [0.15, 0.2) is 0 Å². The standard InChI is InChI=1S/C21H32N2O2/c1-25-20-12-10-18(11-13-20)6-5-9-21(24)23-16-14-22(15-17-23)19-7-3-2-4-8-19/h10-13,19H,2-9,14-17H2,1H3. The van der Waals surface area contributed by atoms with Crippen molar-refractivity contribution in [2.24, 2.45) is 0 Å². The van der Waals surface area contributed by atoms with Gasteiger partial charge in [-0.15, -0.1) is 0 Å². The molecule has 4 nitrogen and oxygen atoms in total. The highest BCUT2D eigenvalue weighted by molar-refractivity contribution is 5.76. The molecular weight excluding hydrogens is 312 g/mol. The molecule has 1 heterocycles. The number of methoxy groups -OCH3 is 1. The normalized spacial score (nSPS) is 19.8. The molecule has 0 bridgehead atoms. The minimum absolute atomic E-state index is 0.330. The second kappa shape index (κ2) is 9.23. The zero-order valence-electron chi connectivity index (χ0n) is 15.6. The third kappa shape index (κ3) is 5.21. The van der Waals surface area contributed by atoms with Crippen molar-refractivity contribution in [1.29, 1.82) is 0 Å². The summed E-state index contributed by atoms with van der Waals surface area (Å²) < 4.78 is 5.18. The topological polar surface area (TPSA) is 32.8 Å². The third-order valence-electron chi connectivity index (χ3n) is 5.77. The number of piperazine rings is 1. The van der Waals surface area contributed by atoms with E-state index in [1.807, 2.05) is 12.1 Å². The number of aryl methyl sites for hydroxylation is 1. The third-order valence-corrected chi connectivity index (χ3v) is 5.77. The van der Waals surface area contributed by atoms with Crippen LogP contribution in [0, 0.1) is 0 Å². The lowest BCUT2D eigenvalue weighted by atomic mass is 9.94. The zero-order valence-corrected chi connectivity index (χ0v) is 15.6. The fourth-order valence-corrected chi connectivity index (χ4v) is 4.18. The van der Waals surface area contributed by atoms with Crippen LogP contribution >= 0.6 is 0 Å². The summed E-state index contributed by atoms with van der Waals surface area (Å²) in [5.41, 5.74) is 1.27. The monoisotopic (exact) mass is 344 g/mol. The van der Waals surface area contributed by atoms with Crippen LogP contribution in [0.15, 0.2) is 24.3 Å². The Morgan fingerprint density at radius 3 is 2.36 bits per heavy atom. The molecule has 0 N–H and O–H groups in total. The molecule has 1 amide bonds. The first-order valence-electron chi connectivity index (χ1n) is 9.91. The van der Waals surface area contributed by atoms with Crippen LogP contribution in [-0.4, -0.2) is 55.0 Å². The molecule has 1 aromatic rings. The van der Waals surface area contributed by atoms with Gasteiger partial charge in [-0.25, -0.2) is 0 Å². The molecule has 1 aliphatic heterocycles. The summed E-state index contributed by atoms with van der Waals surface area (Å²) in [6, 6.07) is 8.93. The van der Waals surface area contributed by atoms with Gasteiger partial charge in [-0.3, -0.25) is 9.69 Å². The van der Waals surface area contributed by atoms with E-state index >= 15 is 0 Å². The van der Waals surface area contributed by atoms with Crippen molar-refractivity contribution < 1.29 is 9.53 Å². The zero-order chi connectivity index (χ0) is 17.5. The minimum atomic E-state index is 0.330. The van der Waals surface area contributed by atoms with Gasteiger partial charge in [-0.2, -0.15) is 0 Å². The number of amides is 1. The average Bonchev–Trinajstić information content (AvgIpc) is 2.69. The Bertz CT molecular complexity index is 529. The van der Waals surface area contributed by atoms with E-state index in [4.69, 9.17) is 4.74 Å². The first kappa shape index (κ1) is 18.2. The van der Waals surface area contributed by atoms with E-state index < -0.39 is 0 Å². The molecule has 0 spiro atoms. The van der Waals surface area contributed by atoms with Crippen LogP contribution in [0.3, 0.4) is 0 Å². The Hall–Kier alpha value is -1.55. The van der Waals surface area contributed by atoms with Crippen LogP contribution in [0.4, 0.5) is 0 Å². The Balaban J connectivity index is 1.36. The van der Waals surface area contributed by atoms with E-state index in [0.29, 0.717) is 12.3 Å². The Morgan fingerprint density at radius 2 is 1.72 bits per heavy atom.